The minimum Gasteiger partial charge on any atom is -0.384 e. The zero-order valence-corrected chi connectivity index (χ0v) is 6.79. The third kappa shape index (κ3) is 1.45. The summed E-state index contributed by atoms with van der Waals surface area (Å²) >= 11 is 0. The first-order valence-electron chi connectivity index (χ1n) is 3.72. The van der Waals surface area contributed by atoms with Gasteiger partial charge in [0.2, 0.25) is 0 Å². The summed E-state index contributed by atoms with van der Waals surface area (Å²) in [6.45, 7) is 4.05. The Kier molecular flexibility index (Phi) is 2.03. The third-order valence-electron chi connectivity index (χ3n) is 1.82. The van der Waals surface area contributed by atoms with Crippen LogP contribution in [0.1, 0.15) is 26.3 Å². The van der Waals surface area contributed by atoms with E-state index in [0.29, 0.717) is 5.82 Å². The van der Waals surface area contributed by atoms with E-state index in [1.807, 2.05) is 13.8 Å². The molecule has 1 rings (SSSR count). The molecular formula is C7H13N3O. The molecule has 0 aliphatic heterocycles. The summed E-state index contributed by atoms with van der Waals surface area (Å²) in [5.74, 6) is 0.504. The Morgan fingerprint density at radius 3 is 2.82 bits per heavy atom. The van der Waals surface area contributed by atoms with Gasteiger partial charge in [-0.15, -0.1) is 0 Å². The number of anilines is 1. The molecule has 0 saturated heterocycles. The fourth-order valence-corrected chi connectivity index (χ4v) is 0.967. The normalized spacial score (nSPS) is 13.3. The Morgan fingerprint density at radius 2 is 2.45 bits per heavy atom. The summed E-state index contributed by atoms with van der Waals surface area (Å²) in [7, 11) is 0. The highest BCUT2D eigenvalue weighted by atomic mass is 16.1. The molecule has 4 heteroatoms. The summed E-state index contributed by atoms with van der Waals surface area (Å²) in [4.78, 5) is 10.8. The van der Waals surface area contributed by atoms with Gasteiger partial charge in [0.1, 0.15) is 5.82 Å². The van der Waals surface area contributed by atoms with Crippen molar-refractivity contribution in [2.24, 2.45) is 0 Å². The van der Waals surface area contributed by atoms with Crippen LogP contribution in [0.5, 0.6) is 0 Å². The van der Waals surface area contributed by atoms with E-state index >= 15 is 0 Å². The number of nitrogens with one attached hydrogen (secondary N) is 1. The second-order valence-electron chi connectivity index (χ2n) is 2.67. The fourth-order valence-electron chi connectivity index (χ4n) is 0.967. The molecule has 4 nitrogen and oxygen atoms in total. The second-order valence-corrected chi connectivity index (χ2v) is 2.67. The van der Waals surface area contributed by atoms with Crippen molar-refractivity contribution in [1.82, 2.24) is 9.78 Å². The zero-order valence-electron chi connectivity index (χ0n) is 6.79. The molecule has 1 atom stereocenters. The van der Waals surface area contributed by atoms with Gasteiger partial charge < -0.3 is 5.73 Å². The second kappa shape index (κ2) is 2.82. The average molecular weight is 155 g/mol. The van der Waals surface area contributed by atoms with Crippen LogP contribution < -0.4 is 11.3 Å². The highest BCUT2D eigenvalue weighted by molar-refractivity contribution is 5.26. The van der Waals surface area contributed by atoms with Crippen molar-refractivity contribution in [1.29, 1.82) is 0 Å². The van der Waals surface area contributed by atoms with Gasteiger partial charge in [0.15, 0.2) is 0 Å². The topological polar surface area (TPSA) is 63.8 Å². The maximum Gasteiger partial charge on any atom is 0.266 e. The van der Waals surface area contributed by atoms with Crippen LogP contribution in [0, 0.1) is 0 Å². The number of hydrogen-bond acceptors (Lipinski definition) is 2. The van der Waals surface area contributed by atoms with E-state index in [-0.39, 0.29) is 11.6 Å². The largest absolute Gasteiger partial charge is 0.384 e. The van der Waals surface area contributed by atoms with Crippen molar-refractivity contribution in [3.8, 4) is 0 Å². The van der Waals surface area contributed by atoms with Gasteiger partial charge >= 0.3 is 0 Å². The lowest BCUT2D eigenvalue weighted by atomic mass is 10.3. The molecule has 0 fully saturated rings. The Bertz CT molecular complexity index is 286. The van der Waals surface area contributed by atoms with Gasteiger partial charge in [-0.3, -0.25) is 14.6 Å². The van der Waals surface area contributed by atoms with Crippen molar-refractivity contribution in [3.63, 3.8) is 0 Å². The number of nitrogens with two attached hydrogens (primary N) is 1. The maximum atomic E-state index is 10.8. The first-order valence-corrected chi connectivity index (χ1v) is 3.72. The number of aromatic amines is 1. The highest BCUT2D eigenvalue weighted by Crippen LogP contribution is 2.10. The molecule has 0 aliphatic carbocycles. The monoisotopic (exact) mass is 155 g/mol. The molecule has 1 aromatic rings. The summed E-state index contributed by atoms with van der Waals surface area (Å²) in [5.41, 5.74) is 5.41. The Balaban J connectivity index is 3.02. The first kappa shape index (κ1) is 7.91. The molecule has 0 bridgehead atoms. The van der Waals surface area contributed by atoms with Crippen molar-refractivity contribution in [2.75, 3.05) is 5.73 Å². The van der Waals surface area contributed by atoms with Crippen LogP contribution in [0.2, 0.25) is 0 Å². The molecule has 11 heavy (non-hydrogen) atoms. The molecule has 1 aromatic heterocycles. The van der Waals surface area contributed by atoms with E-state index in [4.69, 9.17) is 5.73 Å². The summed E-state index contributed by atoms with van der Waals surface area (Å²) in [5, 5.41) is 2.63. The van der Waals surface area contributed by atoms with Crippen LogP contribution in [-0.2, 0) is 0 Å². The van der Waals surface area contributed by atoms with Crippen LogP contribution in [0.25, 0.3) is 0 Å². The van der Waals surface area contributed by atoms with E-state index in [9.17, 15) is 4.79 Å². The van der Waals surface area contributed by atoms with E-state index < -0.39 is 0 Å². The lowest BCUT2D eigenvalue weighted by molar-refractivity contribution is 0.482. The maximum absolute atomic E-state index is 10.8. The first-order chi connectivity index (χ1) is 5.15. The number of aromatic nitrogens is 2. The third-order valence-corrected chi connectivity index (χ3v) is 1.82. The van der Waals surface area contributed by atoms with E-state index in [0.717, 1.165) is 6.42 Å². The molecule has 0 aliphatic rings. The molecule has 62 valence electrons. The summed E-state index contributed by atoms with van der Waals surface area (Å²) < 4.78 is 1.68. The van der Waals surface area contributed by atoms with Crippen molar-refractivity contribution < 1.29 is 0 Å². The number of rotatable bonds is 2. The van der Waals surface area contributed by atoms with Crippen molar-refractivity contribution >= 4 is 5.82 Å². The summed E-state index contributed by atoms with van der Waals surface area (Å²) in [6.07, 6.45) is 0.953. The van der Waals surface area contributed by atoms with Crippen LogP contribution in [0.15, 0.2) is 10.9 Å². The summed E-state index contributed by atoms with van der Waals surface area (Å²) in [6, 6.07) is 1.66. The fraction of sp³-hybridized carbons (Fsp3) is 0.571. The lowest BCUT2D eigenvalue weighted by Crippen LogP contribution is -2.11. The average Bonchev–Trinajstić information content (AvgIpc) is 2.28. The molecule has 1 heterocycles. The van der Waals surface area contributed by atoms with Gasteiger partial charge in [-0.05, 0) is 13.3 Å². The molecule has 0 spiro atoms. The zero-order chi connectivity index (χ0) is 8.43. The Hall–Kier alpha value is -1.19. The molecule has 0 aromatic carbocycles. The van der Waals surface area contributed by atoms with Crippen molar-refractivity contribution in [2.45, 2.75) is 26.3 Å². The minimum atomic E-state index is -0.136. The van der Waals surface area contributed by atoms with Crippen molar-refractivity contribution in [3.05, 3.63) is 16.4 Å². The number of H-pyrrole nitrogens is 1. The van der Waals surface area contributed by atoms with Crippen LogP contribution in [-0.4, -0.2) is 9.78 Å². The number of nitrogen functional groups attached to an aromatic ring is 1. The predicted molar refractivity (Wildman–Crippen MR) is 44.5 cm³/mol. The van der Waals surface area contributed by atoms with Crippen LogP contribution >= 0.6 is 0 Å². The van der Waals surface area contributed by atoms with Gasteiger partial charge in [-0.2, -0.15) is 0 Å². The smallest absolute Gasteiger partial charge is 0.266 e. The molecule has 3 N–H and O–H groups in total. The van der Waals surface area contributed by atoms with Gasteiger partial charge in [-0.25, -0.2) is 0 Å². The molecule has 0 unspecified atom stereocenters. The Labute approximate surface area is 65.0 Å². The standard InChI is InChI=1S/C7H13N3O/c1-3-5(2)10-6(8)4-7(11)9-10/h4-5H,3,8H2,1-2H3,(H,9,11)/t5-/m1/s1. The molecular weight excluding hydrogens is 142 g/mol. The molecule has 0 saturated carbocycles. The van der Waals surface area contributed by atoms with Crippen LogP contribution in [0.3, 0.4) is 0 Å². The molecule has 0 radical (unpaired) electrons. The van der Waals surface area contributed by atoms with Gasteiger partial charge in [0, 0.05) is 12.1 Å². The molecule has 0 amide bonds. The van der Waals surface area contributed by atoms with E-state index in [1.165, 1.54) is 6.07 Å². The highest BCUT2D eigenvalue weighted by Gasteiger charge is 2.05. The number of hydrogen-bond donors (Lipinski definition) is 2. The van der Waals surface area contributed by atoms with Gasteiger partial charge in [0.25, 0.3) is 5.56 Å². The SMILES string of the molecule is CC[C@@H](C)n1[nH]c(=O)cc1N. The predicted octanol–water partition coefficient (Wildman–Crippen LogP) is 0.730. The van der Waals surface area contributed by atoms with E-state index in [2.05, 4.69) is 5.10 Å². The van der Waals surface area contributed by atoms with Gasteiger partial charge in [-0.1, -0.05) is 6.92 Å². The quantitative estimate of drug-likeness (QED) is 0.661. The van der Waals surface area contributed by atoms with Gasteiger partial charge in [0.05, 0.1) is 0 Å². The number of nitrogens with zero attached hydrogens (tertiary/aromatic N) is 1. The van der Waals surface area contributed by atoms with Crippen LogP contribution in [0.4, 0.5) is 5.82 Å². The lowest BCUT2D eigenvalue weighted by Gasteiger charge is -2.11. The minimum absolute atomic E-state index is 0.136. The van der Waals surface area contributed by atoms with E-state index in [1.54, 1.807) is 4.68 Å². The Morgan fingerprint density at radius 1 is 1.82 bits per heavy atom.